The third kappa shape index (κ3) is 2.15. The second-order valence-corrected chi connectivity index (χ2v) is 4.16. The van der Waals surface area contributed by atoms with E-state index in [2.05, 4.69) is 35.0 Å². The van der Waals surface area contributed by atoms with Crippen molar-refractivity contribution >= 4 is 0 Å². The Morgan fingerprint density at radius 2 is 2.43 bits per heavy atom. The summed E-state index contributed by atoms with van der Waals surface area (Å²) in [6, 6.07) is 2.69. The topological polar surface area (TPSA) is 29.9 Å². The molecule has 1 aromatic heterocycles. The maximum absolute atomic E-state index is 4.32. The molecule has 0 aliphatic heterocycles. The molecular weight excluding hydrogens is 174 g/mol. The van der Waals surface area contributed by atoms with E-state index in [0.29, 0.717) is 6.04 Å². The van der Waals surface area contributed by atoms with Gasteiger partial charge in [-0.1, -0.05) is 6.92 Å². The standard InChI is InChI=1S/C11H19N3/c1-3-12-11(10-4-5-10)8-14-9(2)6-7-13-14/h6-7,10-12H,3-5,8H2,1-2H3. The van der Waals surface area contributed by atoms with Gasteiger partial charge in [-0.2, -0.15) is 5.10 Å². The van der Waals surface area contributed by atoms with Crippen LogP contribution in [0.25, 0.3) is 0 Å². The van der Waals surface area contributed by atoms with Crippen LogP contribution in [0.3, 0.4) is 0 Å². The quantitative estimate of drug-likeness (QED) is 0.769. The summed E-state index contributed by atoms with van der Waals surface area (Å²) in [7, 11) is 0. The molecule has 1 aliphatic rings. The predicted octanol–water partition coefficient (Wildman–Crippen LogP) is 1.58. The van der Waals surface area contributed by atoms with Crippen LogP contribution in [-0.2, 0) is 6.54 Å². The molecule has 1 aliphatic carbocycles. The molecule has 0 saturated heterocycles. The molecule has 0 aromatic carbocycles. The SMILES string of the molecule is CCNC(Cn1nccc1C)C1CC1. The Morgan fingerprint density at radius 1 is 1.64 bits per heavy atom. The lowest BCUT2D eigenvalue weighted by atomic mass is 10.2. The zero-order valence-corrected chi connectivity index (χ0v) is 9.03. The molecule has 0 bridgehead atoms. The van der Waals surface area contributed by atoms with E-state index < -0.39 is 0 Å². The Hall–Kier alpha value is -0.830. The van der Waals surface area contributed by atoms with Crippen LogP contribution in [0.4, 0.5) is 0 Å². The van der Waals surface area contributed by atoms with E-state index in [-0.39, 0.29) is 0 Å². The fraction of sp³-hybridized carbons (Fsp3) is 0.727. The highest BCUT2D eigenvalue weighted by molar-refractivity contribution is 4.98. The van der Waals surface area contributed by atoms with Crippen LogP contribution in [0.15, 0.2) is 12.3 Å². The number of rotatable bonds is 5. The first-order valence-corrected chi connectivity index (χ1v) is 5.53. The van der Waals surface area contributed by atoms with Gasteiger partial charge in [-0.05, 0) is 38.3 Å². The minimum Gasteiger partial charge on any atom is -0.312 e. The van der Waals surface area contributed by atoms with Gasteiger partial charge in [0.15, 0.2) is 0 Å². The van der Waals surface area contributed by atoms with Gasteiger partial charge in [-0.3, -0.25) is 4.68 Å². The molecule has 3 heteroatoms. The second-order valence-electron chi connectivity index (χ2n) is 4.16. The summed E-state index contributed by atoms with van der Waals surface area (Å²) in [5, 5.41) is 7.87. The molecule has 2 rings (SSSR count). The van der Waals surface area contributed by atoms with Crippen LogP contribution in [0.1, 0.15) is 25.5 Å². The van der Waals surface area contributed by atoms with E-state index in [0.717, 1.165) is 19.0 Å². The molecule has 1 heterocycles. The molecule has 1 atom stereocenters. The third-order valence-electron chi connectivity index (χ3n) is 2.96. The minimum absolute atomic E-state index is 0.624. The number of aromatic nitrogens is 2. The summed E-state index contributed by atoms with van der Waals surface area (Å²) in [5.74, 6) is 0.888. The fourth-order valence-corrected chi connectivity index (χ4v) is 1.92. The van der Waals surface area contributed by atoms with Gasteiger partial charge in [0.05, 0.1) is 6.54 Å². The van der Waals surface area contributed by atoms with Gasteiger partial charge >= 0.3 is 0 Å². The normalized spacial score (nSPS) is 18.4. The van der Waals surface area contributed by atoms with Crippen molar-refractivity contribution in [3.8, 4) is 0 Å². The van der Waals surface area contributed by atoms with Crippen molar-refractivity contribution in [1.82, 2.24) is 15.1 Å². The lowest BCUT2D eigenvalue weighted by Gasteiger charge is -2.17. The van der Waals surface area contributed by atoms with Crippen molar-refractivity contribution in [1.29, 1.82) is 0 Å². The maximum Gasteiger partial charge on any atom is 0.0568 e. The molecule has 1 N–H and O–H groups in total. The van der Waals surface area contributed by atoms with Gasteiger partial charge in [0.1, 0.15) is 0 Å². The van der Waals surface area contributed by atoms with Crippen molar-refractivity contribution in [3.05, 3.63) is 18.0 Å². The Labute approximate surface area is 85.5 Å². The number of aryl methyl sites for hydroxylation is 1. The van der Waals surface area contributed by atoms with Gasteiger partial charge in [0.25, 0.3) is 0 Å². The van der Waals surface area contributed by atoms with Gasteiger partial charge in [-0.15, -0.1) is 0 Å². The number of nitrogens with one attached hydrogen (secondary N) is 1. The Bertz CT molecular complexity index is 288. The molecule has 14 heavy (non-hydrogen) atoms. The molecule has 78 valence electrons. The van der Waals surface area contributed by atoms with Crippen LogP contribution >= 0.6 is 0 Å². The number of nitrogens with zero attached hydrogens (tertiary/aromatic N) is 2. The Balaban J connectivity index is 1.96. The van der Waals surface area contributed by atoms with Gasteiger partial charge < -0.3 is 5.32 Å². The first-order valence-electron chi connectivity index (χ1n) is 5.53. The number of hydrogen-bond acceptors (Lipinski definition) is 2. The average Bonchev–Trinajstić information content (AvgIpc) is 2.93. The highest BCUT2D eigenvalue weighted by Crippen LogP contribution is 2.33. The number of hydrogen-bond donors (Lipinski definition) is 1. The van der Waals surface area contributed by atoms with Crippen LogP contribution in [0.2, 0.25) is 0 Å². The zero-order chi connectivity index (χ0) is 9.97. The van der Waals surface area contributed by atoms with Gasteiger partial charge in [0, 0.05) is 17.9 Å². The molecular formula is C11H19N3. The second kappa shape index (κ2) is 4.13. The first-order chi connectivity index (χ1) is 6.81. The molecule has 3 nitrogen and oxygen atoms in total. The third-order valence-corrected chi connectivity index (χ3v) is 2.96. The van der Waals surface area contributed by atoms with Crippen molar-refractivity contribution in [3.63, 3.8) is 0 Å². The number of likely N-dealkylation sites (N-methyl/N-ethyl adjacent to an activating group) is 1. The maximum atomic E-state index is 4.32. The molecule has 0 radical (unpaired) electrons. The fourth-order valence-electron chi connectivity index (χ4n) is 1.92. The van der Waals surface area contributed by atoms with Crippen molar-refractivity contribution in [2.24, 2.45) is 5.92 Å². The van der Waals surface area contributed by atoms with Crippen molar-refractivity contribution < 1.29 is 0 Å². The van der Waals surface area contributed by atoms with E-state index in [1.165, 1.54) is 18.5 Å². The lowest BCUT2D eigenvalue weighted by Crippen LogP contribution is -2.35. The summed E-state index contributed by atoms with van der Waals surface area (Å²) in [5.41, 5.74) is 1.26. The van der Waals surface area contributed by atoms with E-state index >= 15 is 0 Å². The Morgan fingerprint density at radius 3 is 2.93 bits per heavy atom. The largest absolute Gasteiger partial charge is 0.312 e. The summed E-state index contributed by atoms with van der Waals surface area (Å²) in [6.45, 7) is 6.37. The van der Waals surface area contributed by atoms with Crippen LogP contribution < -0.4 is 5.32 Å². The van der Waals surface area contributed by atoms with E-state index in [1.807, 2.05) is 6.20 Å². The molecule has 1 saturated carbocycles. The minimum atomic E-state index is 0.624. The molecule has 0 amide bonds. The average molecular weight is 193 g/mol. The van der Waals surface area contributed by atoms with Crippen molar-refractivity contribution in [2.45, 2.75) is 39.3 Å². The van der Waals surface area contributed by atoms with Gasteiger partial charge in [-0.25, -0.2) is 0 Å². The smallest absolute Gasteiger partial charge is 0.0568 e. The first kappa shape index (κ1) is 9.71. The summed E-state index contributed by atoms with van der Waals surface area (Å²) < 4.78 is 2.10. The molecule has 1 aromatic rings. The van der Waals surface area contributed by atoms with Crippen LogP contribution in [-0.4, -0.2) is 22.4 Å². The summed E-state index contributed by atoms with van der Waals surface area (Å²) in [4.78, 5) is 0. The van der Waals surface area contributed by atoms with E-state index in [9.17, 15) is 0 Å². The highest BCUT2D eigenvalue weighted by atomic mass is 15.3. The summed E-state index contributed by atoms with van der Waals surface area (Å²) >= 11 is 0. The monoisotopic (exact) mass is 193 g/mol. The van der Waals surface area contributed by atoms with E-state index in [4.69, 9.17) is 0 Å². The van der Waals surface area contributed by atoms with Gasteiger partial charge in [0.2, 0.25) is 0 Å². The van der Waals surface area contributed by atoms with E-state index in [1.54, 1.807) is 0 Å². The zero-order valence-electron chi connectivity index (χ0n) is 9.03. The van der Waals surface area contributed by atoms with Crippen LogP contribution in [0.5, 0.6) is 0 Å². The van der Waals surface area contributed by atoms with Crippen LogP contribution in [0, 0.1) is 12.8 Å². The molecule has 1 fully saturated rings. The summed E-state index contributed by atoms with van der Waals surface area (Å²) in [6.07, 6.45) is 4.65. The Kier molecular flexibility index (Phi) is 2.87. The lowest BCUT2D eigenvalue weighted by molar-refractivity contribution is 0.393. The highest BCUT2D eigenvalue weighted by Gasteiger charge is 2.30. The van der Waals surface area contributed by atoms with Crippen molar-refractivity contribution in [2.75, 3.05) is 6.54 Å². The predicted molar refractivity (Wildman–Crippen MR) is 57.2 cm³/mol. The molecule has 1 unspecified atom stereocenters. The molecule has 0 spiro atoms.